The SMILES string of the molecule is COc1ccccc1C(=O)N1CCCC[C@@H]1c1ccn2nccc2n1. The summed E-state index contributed by atoms with van der Waals surface area (Å²) in [5.41, 5.74) is 2.31. The summed E-state index contributed by atoms with van der Waals surface area (Å²) in [4.78, 5) is 19.8. The van der Waals surface area contributed by atoms with E-state index < -0.39 is 0 Å². The number of aromatic nitrogens is 3. The molecule has 1 aliphatic heterocycles. The third-order valence-corrected chi connectivity index (χ3v) is 4.72. The second-order valence-electron chi connectivity index (χ2n) is 6.20. The fourth-order valence-corrected chi connectivity index (χ4v) is 3.47. The van der Waals surface area contributed by atoms with Crippen molar-refractivity contribution in [3.63, 3.8) is 0 Å². The predicted molar refractivity (Wildman–Crippen MR) is 93.6 cm³/mol. The molecule has 1 atom stereocenters. The van der Waals surface area contributed by atoms with Gasteiger partial charge in [0.25, 0.3) is 5.91 Å². The van der Waals surface area contributed by atoms with E-state index in [0.29, 0.717) is 11.3 Å². The molecule has 0 N–H and O–H groups in total. The Morgan fingerprint density at radius 2 is 2.08 bits per heavy atom. The van der Waals surface area contributed by atoms with Crippen LogP contribution in [0.1, 0.15) is 41.4 Å². The van der Waals surface area contributed by atoms with E-state index in [0.717, 1.165) is 37.1 Å². The highest BCUT2D eigenvalue weighted by Crippen LogP contribution is 2.32. The minimum absolute atomic E-state index is 0.00247. The Balaban J connectivity index is 1.69. The zero-order valence-electron chi connectivity index (χ0n) is 14.1. The zero-order chi connectivity index (χ0) is 17.2. The Bertz CT molecular complexity index is 905. The second kappa shape index (κ2) is 6.55. The van der Waals surface area contributed by atoms with E-state index in [1.165, 1.54) is 0 Å². The monoisotopic (exact) mass is 336 g/mol. The van der Waals surface area contributed by atoms with Crippen molar-refractivity contribution in [2.24, 2.45) is 0 Å². The average molecular weight is 336 g/mol. The summed E-state index contributed by atoms with van der Waals surface area (Å²) in [7, 11) is 1.59. The van der Waals surface area contributed by atoms with Crippen molar-refractivity contribution >= 4 is 11.6 Å². The Hall–Kier alpha value is -2.89. The molecule has 4 rings (SSSR count). The zero-order valence-corrected chi connectivity index (χ0v) is 14.1. The van der Waals surface area contributed by atoms with Crippen LogP contribution >= 0.6 is 0 Å². The summed E-state index contributed by atoms with van der Waals surface area (Å²) >= 11 is 0. The molecule has 1 aromatic carbocycles. The molecule has 0 spiro atoms. The lowest BCUT2D eigenvalue weighted by molar-refractivity contribution is 0.0603. The van der Waals surface area contributed by atoms with Crippen LogP contribution in [0.15, 0.2) is 48.8 Å². The second-order valence-corrected chi connectivity index (χ2v) is 6.20. The van der Waals surface area contributed by atoms with Crippen LogP contribution in [-0.4, -0.2) is 39.1 Å². The standard InChI is InChI=1S/C19H20N4O2/c1-25-17-8-3-2-6-14(17)19(24)22-12-5-4-7-16(22)15-10-13-23-18(21-15)9-11-20-23/h2-3,6,8-11,13,16H,4-5,7,12H2,1H3/t16-/m1/s1. The third-order valence-electron chi connectivity index (χ3n) is 4.72. The van der Waals surface area contributed by atoms with Crippen molar-refractivity contribution in [2.75, 3.05) is 13.7 Å². The maximum absolute atomic E-state index is 13.2. The van der Waals surface area contributed by atoms with E-state index in [4.69, 9.17) is 9.72 Å². The normalized spacial score (nSPS) is 17.6. The number of fused-ring (bicyclic) bond motifs is 1. The van der Waals surface area contributed by atoms with Crippen molar-refractivity contribution in [1.82, 2.24) is 19.5 Å². The molecule has 6 heteroatoms. The Morgan fingerprint density at radius 1 is 1.20 bits per heavy atom. The van der Waals surface area contributed by atoms with Crippen molar-refractivity contribution in [1.29, 1.82) is 0 Å². The number of likely N-dealkylation sites (tertiary alicyclic amines) is 1. The lowest BCUT2D eigenvalue weighted by atomic mass is 9.97. The lowest BCUT2D eigenvalue weighted by Gasteiger charge is -2.35. The van der Waals surface area contributed by atoms with Gasteiger partial charge in [-0.2, -0.15) is 5.10 Å². The number of nitrogens with zero attached hydrogens (tertiary/aromatic N) is 4. The third kappa shape index (κ3) is 2.84. The van der Waals surface area contributed by atoms with E-state index in [-0.39, 0.29) is 11.9 Å². The van der Waals surface area contributed by atoms with Crippen molar-refractivity contribution in [2.45, 2.75) is 25.3 Å². The average Bonchev–Trinajstić information content (AvgIpc) is 3.15. The molecule has 25 heavy (non-hydrogen) atoms. The largest absolute Gasteiger partial charge is 0.496 e. The van der Waals surface area contributed by atoms with Gasteiger partial charge in [0.05, 0.1) is 30.6 Å². The molecule has 0 saturated carbocycles. The fourth-order valence-electron chi connectivity index (χ4n) is 3.47. The Morgan fingerprint density at radius 3 is 2.96 bits per heavy atom. The van der Waals surface area contributed by atoms with E-state index in [2.05, 4.69) is 5.10 Å². The van der Waals surface area contributed by atoms with Gasteiger partial charge in [-0.25, -0.2) is 9.50 Å². The van der Waals surface area contributed by atoms with Crippen LogP contribution in [0.3, 0.4) is 0 Å². The molecule has 0 aliphatic carbocycles. The van der Waals surface area contributed by atoms with Gasteiger partial charge in [-0.05, 0) is 37.5 Å². The number of rotatable bonds is 3. The van der Waals surface area contributed by atoms with Crippen LogP contribution < -0.4 is 4.74 Å². The van der Waals surface area contributed by atoms with Crippen LogP contribution in [-0.2, 0) is 0 Å². The summed E-state index contributed by atoms with van der Waals surface area (Å²) in [5.74, 6) is 0.605. The number of hydrogen-bond acceptors (Lipinski definition) is 4. The molecular formula is C19H20N4O2. The first-order valence-corrected chi connectivity index (χ1v) is 8.52. The molecule has 1 saturated heterocycles. The highest BCUT2D eigenvalue weighted by atomic mass is 16.5. The molecule has 0 radical (unpaired) electrons. The van der Waals surface area contributed by atoms with Crippen molar-refractivity contribution in [3.8, 4) is 5.75 Å². The number of methoxy groups -OCH3 is 1. The molecule has 0 bridgehead atoms. The van der Waals surface area contributed by atoms with Gasteiger partial charge in [0.15, 0.2) is 5.65 Å². The maximum atomic E-state index is 13.2. The van der Waals surface area contributed by atoms with Gasteiger partial charge in [0.1, 0.15) is 5.75 Å². The number of piperidine rings is 1. The smallest absolute Gasteiger partial charge is 0.258 e. The van der Waals surface area contributed by atoms with Gasteiger partial charge in [-0.15, -0.1) is 0 Å². The summed E-state index contributed by atoms with van der Waals surface area (Å²) in [6.07, 6.45) is 6.64. The summed E-state index contributed by atoms with van der Waals surface area (Å²) in [6, 6.07) is 11.2. The van der Waals surface area contributed by atoms with Crippen LogP contribution in [0.4, 0.5) is 0 Å². The van der Waals surface area contributed by atoms with Gasteiger partial charge in [-0.3, -0.25) is 4.79 Å². The highest BCUT2D eigenvalue weighted by Gasteiger charge is 2.31. The highest BCUT2D eigenvalue weighted by molar-refractivity contribution is 5.97. The molecule has 0 unspecified atom stereocenters. The van der Waals surface area contributed by atoms with E-state index in [9.17, 15) is 4.79 Å². The summed E-state index contributed by atoms with van der Waals surface area (Å²) in [5, 5.41) is 4.19. The first-order chi connectivity index (χ1) is 12.3. The number of carbonyl (C=O) groups is 1. The van der Waals surface area contributed by atoms with E-state index in [1.807, 2.05) is 47.5 Å². The maximum Gasteiger partial charge on any atom is 0.258 e. The minimum Gasteiger partial charge on any atom is -0.496 e. The van der Waals surface area contributed by atoms with Crippen molar-refractivity contribution in [3.05, 3.63) is 60.0 Å². The quantitative estimate of drug-likeness (QED) is 0.737. The Labute approximate surface area is 146 Å². The van der Waals surface area contributed by atoms with Crippen molar-refractivity contribution < 1.29 is 9.53 Å². The van der Waals surface area contributed by atoms with Crippen LogP contribution in [0, 0.1) is 0 Å². The first-order valence-electron chi connectivity index (χ1n) is 8.52. The van der Waals surface area contributed by atoms with E-state index >= 15 is 0 Å². The summed E-state index contributed by atoms with van der Waals surface area (Å²) < 4.78 is 7.11. The number of carbonyl (C=O) groups excluding carboxylic acids is 1. The molecule has 3 heterocycles. The first kappa shape index (κ1) is 15.6. The van der Waals surface area contributed by atoms with Crippen LogP contribution in [0.5, 0.6) is 5.75 Å². The molecule has 1 amide bonds. The van der Waals surface area contributed by atoms with Gasteiger partial charge in [0, 0.05) is 18.8 Å². The Kier molecular flexibility index (Phi) is 4.09. The number of para-hydroxylation sites is 1. The van der Waals surface area contributed by atoms with Gasteiger partial charge in [-0.1, -0.05) is 12.1 Å². The van der Waals surface area contributed by atoms with Gasteiger partial charge >= 0.3 is 0 Å². The predicted octanol–water partition coefficient (Wildman–Crippen LogP) is 3.11. The molecule has 1 fully saturated rings. The molecule has 6 nitrogen and oxygen atoms in total. The summed E-state index contributed by atoms with van der Waals surface area (Å²) in [6.45, 7) is 0.730. The molecular weight excluding hydrogens is 316 g/mol. The molecule has 1 aliphatic rings. The minimum atomic E-state index is -0.0222. The van der Waals surface area contributed by atoms with Gasteiger partial charge < -0.3 is 9.64 Å². The van der Waals surface area contributed by atoms with Gasteiger partial charge in [0.2, 0.25) is 0 Å². The number of ether oxygens (including phenoxy) is 1. The number of hydrogen-bond donors (Lipinski definition) is 0. The van der Waals surface area contributed by atoms with Crippen LogP contribution in [0.2, 0.25) is 0 Å². The molecule has 128 valence electrons. The lowest BCUT2D eigenvalue weighted by Crippen LogP contribution is -2.39. The topological polar surface area (TPSA) is 59.7 Å². The molecule has 3 aromatic rings. The number of benzene rings is 1. The van der Waals surface area contributed by atoms with Crippen LogP contribution in [0.25, 0.3) is 5.65 Å². The molecule has 2 aromatic heterocycles. The number of amides is 1. The fraction of sp³-hybridized carbons (Fsp3) is 0.316. The van der Waals surface area contributed by atoms with E-state index in [1.54, 1.807) is 17.8 Å².